The van der Waals surface area contributed by atoms with Gasteiger partial charge in [-0.1, -0.05) is 20.8 Å². The third-order valence-electron chi connectivity index (χ3n) is 2.97. The van der Waals surface area contributed by atoms with Crippen molar-refractivity contribution in [2.24, 2.45) is 0 Å². The molecule has 0 radical (unpaired) electrons. The minimum Gasteiger partial charge on any atom is -0.439 e. The summed E-state index contributed by atoms with van der Waals surface area (Å²) in [6, 6.07) is 2.03. The molecule has 2 aromatic rings. The predicted octanol–water partition coefficient (Wildman–Crippen LogP) is 2.30. The standard InChI is InChI=1S/C12H16N2O2/c1-12(2,3)10-6-11-14(13-10)8-4-5-15-7-9(8)16-11/h6H,4-5,7H2,1-3H3. The number of hydrogen-bond acceptors (Lipinski definition) is 3. The number of hydrogen-bond donors (Lipinski definition) is 0. The molecule has 2 aromatic heterocycles. The molecule has 16 heavy (non-hydrogen) atoms. The maximum atomic E-state index is 5.74. The zero-order chi connectivity index (χ0) is 11.3. The second-order valence-electron chi connectivity index (χ2n) is 5.30. The normalized spacial score (nSPS) is 16.7. The first kappa shape index (κ1) is 9.90. The number of aromatic nitrogens is 2. The van der Waals surface area contributed by atoms with Gasteiger partial charge in [0, 0.05) is 17.9 Å². The van der Waals surface area contributed by atoms with Gasteiger partial charge in [0.2, 0.25) is 5.71 Å². The number of rotatable bonds is 0. The summed E-state index contributed by atoms with van der Waals surface area (Å²) in [7, 11) is 0. The van der Waals surface area contributed by atoms with Crippen molar-refractivity contribution >= 4 is 5.71 Å². The van der Waals surface area contributed by atoms with Gasteiger partial charge in [0.25, 0.3) is 0 Å². The van der Waals surface area contributed by atoms with Gasteiger partial charge in [0.05, 0.1) is 18.0 Å². The van der Waals surface area contributed by atoms with Crippen molar-refractivity contribution in [2.75, 3.05) is 6.61 Å². The Labute approximate surface area is 94.2 Å². The predicted molar refractivity (Wildman–Crippen MR) is 59.5 cm³/mol. The molecule has 4 nitrogen and oxygen atoms in total. The summed E-state index contributed by atoms with van der Waals surface area (Å²) in [6.07, 6.45) is 0.883. The molecule has 0 N–H and O–H groups in total. The van der Waals surface area contributed by atoms with E-state index < -0.39 is 0 Å². The van der Waals surface area contributed by atoms with Crippen LogP contribution in [0, 0.1) is 0 Å². The molecule has 0 saturated heterocycles. The molecule has 1 aliphatic heterocycles. The Balaban J connectivity index is 2.17. The van der Waals surface area contributed by atoms with Gasteiger partial charge >= 0.3 is 0 Å². The molecule has 0 atom stereocenters. The Morgan fingerprint density at radius 1 is 1.38 bits per heavy atom. The second kappa shape index (κ2) is 3.10. The largest absolute Gasteiger partial charge is 0.439 e. The van der Waals surface area contributed by atoms with E-state index in [2.05, 4.69) is 25.9 Å². The SMILES string of the molecule is CC(C)(C)c1cc2oc3c(n2n1)CCOC3. The van der Waals surface area contributed by atoms with Crippen LogP contribution in [0.15, 0.2) is 10.5 Å². The van der Waals surface area contributed by atoms with Crippen molar-refractivity contribution in [2.45, 2.75) is 39.2 Å². The van der Waals surface area contributed by atoms with E-state index >= 15 is 0 Å². The maximum absolute atomic E-state index is 5.74. The summed E-state index contributed by atoms with van der Waals surface area (Å²) in [5, 5.41) is 4.62. The summed E-state index contributed by atoms with van der Waals surface area (Å²) >= 11 is 0. The molecular formula is C12H16N2O2. The third-order valence-corrected chi connectivity index (χ3v) is 2.97. The Morgan fingerprint density at radius 2 is 2.19 bits per heavy atom. The highest BCUT2D eigenvalue weighted by atomic mass is 16.5. The monoisotopic (exact) mass is 220 g/mol. The highest BCUT2D eigenvalue weighted by Crippen LogP contribution is 2.27. The summed E-state index contributed by atoms with van der Waals surface area (Å²) in [6.45, 7) is 7.80. The first-order chi connectivity index (χ1) is 7.55. The number of fused-ring (bicyclic) bond motifs is 3. The molecule has 4 heteroatoms. The quantitative estimate of drug-likeness (QED) is 0.684. The average Bonchev–Trinajstić information content (AvgIpc) is 2.72. The van der Waals surface area contributed by atoms with Crippen LogP contribution >= 0.6 is 0 Å². The van der Waals surface area contributed by atoms with Crippen LogP contribution in [-0.4, -0.2) is 16.2 Å². The number of nitrogens with zero attached hydrogens (tertiary/aromatic N) is 2. The van der Waals surface area contributed by atoms with Gasteiger partial charge in [-0.2, -0.15) is 5.10 Å². The number of oxazole rings is 1. The van der Waals surface area contributed by atoms with E-state index in [0.29, 0.717) is 6.61 Å². The highest BCUT2D eigenvalue weighted by Gasteiger charge is 2.24. The first-order valence-corrected chi connectivity index (χ1v) is 5.64. The van der Waals surface area contributed by atoms with Gasteiger partial charge in [-0.25, -0.2) is 4.52 Å². The minimum atomic E-state index is 0.0621. The van der Waals surface area contributed by atoms with Crippen LogP contribution < -0.4 is 0 Å². The fourth-order valence-electron chi connectivity index (χ4n) is 1.99. The van der Waals surface area contributed by atoms with Gasteiger partial charge in [-0.05, 0) is 0 Å². The lowest BCUT2D eigenvalue weighted by Crippen LogP contribution is -2.14. The molecule has 0 spiro atoms. The molecule has 3 rings (SSSR count). The fourth-order valence-corrected chi connectivity index (χ4v) is 1.99. The van der Waals surface area contributed by atoms with Crippen LogP contribution in [0.5, 0.6) is 0 Å². The molecule has 1 aliphatic rings. The van der Waals surface area contributed by atoms with Crippen LogP contribution in [0.4, 0.5) is 0 Å². The fraction of sp³-hybridized carbons (Fsp3) is 0.583. The first-order valence-electron chi connectivity index (χ1n) is 5.64. The smallest absolute Gasteiger partial charge is 0.222 e. The van der Waals surface area contributed by atoms with Crippen LogP contribution in [0.2, 0.25) is 0 Å². The van der Waals surface area contributed by atoms with E-state index in [9.17, 15) is 0 Å². The molecule has 0 fully saturated rings. The van der Waals surface area contributed by atoms with Crippen LogP contribution in [0.25, 0.3) is 5.71 Å². The molecule has 0 bridgehead atoms. The average molecular weight is 220 g/mol. The van der Waals surface area contributed by atoms with E-state index in [1.54, 1.807) is 0 Å². The van der Waals surface area contributed by atoms with Gasteiger partial charge in [0.1, 0.15) is 6.61 Å². The Kier molecular flexibility index (Phi) is 1.92. The molecule has 0 amide bonds. The highest BCUT2D eigenvalue weighted by molar-refractivity contribution is 5.41. The van der Waals surface area contributed by atoms with Gasteiger partial charge in [-0.3, -0.25) is 0 Å². The molecular weight excluding hydrogens is 204 g/mol. The van der Waals surface area contributed by atoms with Crippen molar-refractivity contribution in [3.8, 4) is 0 Å². The van der Waals surface area contributed by atoms with Crippen molar-refractivity contribution in [1.29, 1.82) is 0 Å². The van der Waals surface area contributed by atoms with Crippen LogP contribution in [-0.2, 0) is 23.2 Å². The minimum absolute atomic E-state index is 0.0621. The van der Waals surface area contributed by atoms with Crippen LogP contribution in [0.3, 0.4) is 0 Å². The Bertz CT molecular complexity index is 531. The lowest BCUT2D eigenvalue weighted by molar-refractivity contribution is 0.0940. The molecule has 3 heterocycles. The molecule has 0 aromatic carbocycles. The van der Waals surface area contributed by atoms with E-state index in [4.69, 9.17) is 9.15 Å². The van der Waals surface area contributed by atoms with Crippen molar-refractivity contribution in [1.82, 2.24) is 9.61 Å². The molecule has 0 aliphatic carbocycles. The lowest BCUT2D eigenvalue weighted by Gasteiger charge is -2.14. The van der Waals surface area contributed by atoms with Crippen LogP contribution in [0.1, 0.15) is 37.9 Å². The van der Waals surface area contributed by atoms with Crippen molar-refractivity contribution < 1.29 is 9.15 Å². The van der Waals surface area contributed by atoms with E-state index in [-0.39, 0.29) is 5.41 Å². The summed E-state index contributed by atoms with van der Waals surface area (Å²) in [4.78, 5) is 0. The zero-order valence-electron chi connectivity index (χ0n) is 9.91. The van der Waals surface area contributed by atoms with Gasteiger partial charge < -0.3 is 9.15 Å². The Hall–Kier alpha value is -1.29. The van der Waals surface area contributed by atoms with E-state index in [1.165, 1.54) is 0 Å². The topological polar surface area (TPSA) is 39.7 Å². The molecule has 0 unspecified atom stereocenters. The van der Waals surface area contributed by atoms with Crippen molar-refractivity contribution in [3.63, 3.8) is 0 Å². The number of ether oxygens (including phenoxy) is 1. The lowest BCUT2D eigenvalue weighted by atomic mass is 9.93. The third kappa shape index (κ3) is 1.37. The second-order valence-corrected chi connectivity index (χ2v) is 5.30. The maximum Gasteiger partial charge on any atom is 0.222 e. The summed E-state index contributed by atoms with van der Waals surface area (Å²) in [5.41, 5.74) is 3.13. The van der Waals surface area contributed by atoms with Gasteiger partial charge in [0.15, 0.2) is 5.76 Å². The van der Waals surface area contributed by atoms with Crippen molar-refractivity contribution in [3.05, 3.63) is 23.2 Å². The summed E-state index contributed by atoms with van der Waals surface area (Å²) < 4.78 is 13.0. The van der Waals surface area contributed by atoms with E-state index in [0.717, 1.165) is 35.9 Å². The molecule has 0 saturated carbocycles. The summed E-state index contributed by atoms with van der Waals surface area (Å²) in [5.74, 6) is 0.925. The zero-order valence-corrected chi connectivity index (χ0v) is 9.91. The Morgan fingerprint density at radius 3 is 2.94 bits per heavy atom. The van der Waals surface area contributed by atoms with E-state index in [1.807, 2.05) is 10.6 Å². The van der Waals surface area contributed by atoms with Gasteiger partial charge in [-0.15, -0.1) is 0 Å². The molecule has 86 valence electrons.